The zero-order chi connectivity index (χ0) is 23.9. The number of carboxylic acid groups (broad SMARTS) is 1. The molecule has 3 aromatic rings. The number of benzene rings is 1. The van der Waals surface area contributed by atoms with Crippen LogP contribution in [0.25, 0.3) is 16.7 Å². The molecule has 1 amide bonds. The molecular weight excluding hydrogens is 438 g/mol. The Morgan fingerprint density at radius 3 is 2.68 bits per heavy atom. The SMILES string of the molecule is CN1CCC(O)(C#Cc2cccc(-n3nc(C(=O)O)c4ccc(N5CCOCC5)nc43)c2)C1=O. The number of rotatable bonds is 3. The number of amides is 1. The van der Waals surface area contributed by atoms with Crippen molar-refractivity contribution in [3.05, 3.63) is 47.7 Å². The van der Waals surface area contributed by atoms with Gasteiger partial charge in [-0.1, -0.05) is 17.9 Å². The first-order chi connectivity index (χ1) is 16.4. The van der Waals surface area contributed by atoms with E-state index in [4.69, 9.17) is 9.72 Å². The number of ether oxygens (including phenoxy) is 1. The van der Waals surface area contributed by atoms with Crippen LogP contribution in [0.4, 0.5) is 5.82 Å². The molecule has 0 radical (unpaired) electrons. The van der Waals surface area contributed by atoms with Crippen LogP contribution in [-0.2, 0) is 9.53 Å². The summed E-state index contributed by atoms with van der Waals surface area (Å²) < 4.78 is 6.89. The summed E-state index contributed by atoms with van der Waals surface area (Å²) in [6.07, 6.45) is 0.245. The fourth-order valence-electron chi connectivity index (χ4n) is 4.15. The van der Waals surface area contributed by atoms with Crippen LogP contribution in [0.2, 0.25) is 0 Å². The van der Waals surface area contributed by atoms with E-state index in [0.717, 1.165) is 5.82 Å². The number of morpholine rings is 1. The van der Waals surface area contributed by atoms with Crippen LogP contribution in [0.15, 0.2) is 36.4 Å². The number of hydrogen-bond acceptors (Lipinski definition) is 7. The van der Waals surface area contributed by atoms with Crippen molar-refractivity contribution >= 4 is 28.7 Å². The molecule has 2 saturated heterocycles. The van der Waals surface area contributed by atoms with Crippen LogP contribution < -0.4 is 4.90 Å². The van der Waals surface area contributed by atoms with Gasteiger partial charge in [0.05, 0.1) is 24.3 Å². The standard InChI is InChI=1S/C24H23N5O5/c1-27-10-9-24(33,23(27)32)8-7-16-3-2-4-17(15-16)29-21-18(20(26-29)22(30)31)5-6-19(25-21)28-11-13-34-14-12-28/h2-6,15,33H,9-14H2,1H3,(H,30,31). The van der Waals surface area contributed by atoms with E-state index >= 15 is 0 Å². The lowest BCUT2D eigenvalue weighted by molar-refractivity contribution is -0.137. The number of aromatic carboxylic acids is 1. The average Bonchev–Trinajstić information content (AvgIpc) is 3.37. The van der Waals surface area contributed by atoms with Crippen molar-refractivity contribution in [1.82, 2.24) is 19.7 Å². The molecule has 1 atom stereocenters. The van der Waals surface area contributed by atoms with Crippen molar-refractivity contribution in [2.24, 2.45) is 0 Å². The number of nitrogens with zero attached hydrogens (tertiary/aromatic N) is 5. The van der Waals surface area contributed by atoms with E-state index in [2.05, 4.69) is 21.8 Å². The monoisotopic (exact) mass is 461 g/mol. The molecule has 2 aliphatic heterocycles. The second kappa shape index (κ2) is 8.44. The number of likely N-dealkylation sites (tertiary alicyclic amines) is 1. The quantitative estimate of drug-likeness (QED) is 0.552. The fourth-order valence-corrected chi connectivity index (χ4v) is 4.15. The Balaban J connectivity index is 1.56. The van der Waals surface area contributed by atoms with Crippen molar-refractivity contribution < 1.29 is 24.5 Å². The smallest absolute Gasteiger partial charge is 0.357 e. The largest absolute Gasteiger partial charge is 0.476 e. The molecule has 1 unspecified atom stereocenters. The Bertz CT molecular complexity index is 1350. The molecular formula is C24H23N5O5. The highest BCUT2D eigenvalue weighted by atomic mass is 16.5. The van der Waals surface area contributed by atoms with Crippen LogP contribution in [0.3, 0.4) is 0 Å². The van der Waals surface area contributed by atoms with Gasteiger partial charge in [0.15, 0.2) is 11.3 Å². The predicted molar refractivity (Wildman–Crippen MR) is 123 cm³/mol. The van der Waals surface area contributed by atoms with Gasteiger partial charge in [0.1, 0.15) is 5.82 Å². The van der Waals surface area contributed by atoms with Crippen molar-refractivity contribution in [1.29, 1.82) is 0 Å². The molecule has 1 aromatic carbocycles. The zero-order valence-electron chi connectivity index (χ0n) is 18.6. The normalized spacial score (nSPS) is 20.5. The highest BCUT2D eigenvalue weighted by Gasteiger charge is 2.42. The first-order valence-electron chi connectivity index (χ1n) is 10.9. The van der Waals surface area contributed by atoms with Gasteiger partial charge in [0.2, 0.25) is 5.60 Å². The molecule has 34 heavy (non-hydrogen) atoms. The summed E-state index contributed by atoms with van der Waals surface area (Å²) in [7, 11) is 1.63. The molecule has 0 aliphatic carbocycles. The number of fused-ring (bicyclic) bond motifs is 1. The zero-order valence-corrected chi connectivity index (χ0v) is 18.6. The van der Waals surface area contributed by atoms with E-state index in [1.807, 2.05) is 0 Å². The summed E-state index contributed by atoms with van der Waals surface area (Å²) in [6, 6.07) is 10.5. The molecule has 5 rings (SSSR count). The first kappa shape index (κ1) is 21.9. The number of aromatic nitrogens is 3. The van der Waals surface area contributed by atoms with E-state index in [9.17, 15) is 19.8 Å². The Hall–Kier alpha value is -3.94. The third kappa shape index (κ3) is 3.85. The molecule has 2 fully saturated rings. The highest BCUT2D eigenvalue weighted by Crippen LogP contribution is 2.25. The Labute approximate surface area is 195 Å². The summed E-state index contributed by atoms with van der Waals surface area (Å²) in [4.78, 5) is 32.3. The van der Waals surface area contributed by atoms with E-state index < -0.39 is 17.5 Å². The molecule has 2 aromatic heterocycles. The summed E-state index contributed by atoms with van der Waals surface area (Å²) in [5.41, 5.74) is -0.260. The van der Waals surface area contributed by atoms with Gasteiger partial charge in [0, 0.05) is 38.7 Å². The molecule has 174 valence electrons. The summed E-state index contributed by atoms with van der Waals surface area (Å²) in [5.74, 6) is 4.74. The van der Waals surface area contributed by atoms with Crippen molar-refractivity contribution in [2.75, 3.05) is 44.8 Å². The topological polar surface area (TPSA) is 121 Å². The number of anilines is 1. The molecule has 0 bridgehead atoms. The maximum absolute atomic E-state index is 12.2. The number of aliphatic hydroxyl groups is 1. The Morgan fingerprint density at radius 1 is 1.18 bits per heavy atom. The Morgan fingerprint density at radius 2 is 1.97 bits per heavy atom. The number of carboxylic acids is 1. The lowest BCUT2D eigenvalue weighted by Gasteiger charge is -2.27. The van der Waals surface area contributed by atoms with Crippen molar-refractivity contribution in [3.63, 3.8) is 0 Å². The second-order valence-corrected chi connectivity index (χ2v) is 8.34. The summed E-state index contributed by atoms with van der Waals surface area (Å²) >= 11 is 0. The third-order valence-corrected chi connectivity index (χ3v) is 6.07. The molecule has 2 N–H and O–H groups in total. The summed E-state index contributed by atoms with van der Waals surface area (Å²) in [6.45, 7) is 3.04. The summed E-state index contributed by atoms with van der Waals surface area (Å²) in [5, 5.41) is 25.0. The average molecular weight is 461 g/mol. The van der Waals surface area contributed by atoms with E-state index in [1.54, 1.807) is 43.4 Å². The number of pyridine rings is 1. The van der Waals surface area contributed by atoms with Gasteiger partial charge in [-0.25, -0.2) is 14.5 Å². The van der Waals surface area contributed by atoms with Crippen LogP contribution >= 0.6 is 0 Å². The third-order valence-electron chi connectivity index (χ3n) is 6.07. The van der Waals surface area contributed by atoms with Crippen LogP contribution in [0.5, 0.6) is 0 Å². The van der Waals surface area contributed by atoms with Gasteiger partial charge < -0.3 is 24.7 Å². The van der Waals surface area contributed by atoms with Gasteiger partial charge in [0.25, 0.3) is 5.91 Å². The van der Waals surface area contributed by atoms with Gasteiger partial charge in [-0.3, -0.25) is 4.79 Å². The number of hydrogen-bond donors (Lipinski definition) is 2. The van der Waals surface area contributed by atoms with Gasteiger partial charge in [-0.05, 0) is 30.3 Å². The second-order valence-electron chi connectivity index (χ2n) is 8.34. The molecule has 0 spiro atoms. The minimum absolute atomic E-state index is 0.0959. The molecule has 0 saturated carbocycles. The number of carbonyl (C=O) groups is 2. The van der Waals surface area contributed by atoms with Crippen LogP contribution in [0, 0.1) is 11.8 Å². The lowest BCUT2D eigenvalue weighted by Crippen LogP contribution is -2.37. The van der Waals surface area contributed by atoms with Crippen molar-refractivity contribution in [3.8, 4) is 17.5 Å². The molecule has 4 heterocycles. The predicted octanol–water partition coefficient (Wildman–Crippen LogP) is 0.900. The maximum atomic E-state index is 12.2. The van der Waals surface area contributed by atoms with E-state index in [0.29, 0.717) is 55.1 Å². The number of likely N-dealkylation sites (N-methyl/N-ethyl adjacent to an activating group) is 1. The van der Waals surface area contributed by atoms with Gasteiger partial charge in [-0.2, -0.15) is 5.10 Å². The fraction of sp³-hybridized carbons (Fsp3) is 0.333. The number of carbonyl (C=O) groups excluding carboxylic acids is 1. The lowest BCUT2D eigenvalue weighted by atomic mass is 10.0. The molecule has 10 nitrogen and oxygen atoms in total. The highest BCUT2D eigenvalue weighted by molar-refractivity contribution is 6.01. The van der Waals surface area contributed by atoms with E-state index in [-0.39, 0.29) is 12.1 Å². The van der Waals surface area contributed by atoms with E-state index in [1.165, 1.54) is 9.58 Å². The molecule has 10 heteroatoms. The van der Waals surface area contributed by atoms with Crippen LogP contribution in [-0.4, -0.2) is 87.3 Å². The van der Waals surface area contributed by atoms with Crippen LogP contribution in [0.1, 0.15) is 22.5 Å². The minimum atomic E-state index is -1.70. The van der Waals surface area contributed by atoms with Gasteiger partial charge >= 0.3 is 5.97 Å². The minimum Gasteiger partial charge on any atom is -0.476 e. The Kier molecular flexibility index (Phi) is 5.43. The first-order valence-corrected chi connectivity index (χ1v) is 10.9. The molecule has 2 aliphatic rings. The maximum Gasteiger partial charge on any atom is 0.357 e. The van der Waals surface area contributed by atoms with Crippen molar-refractivity contribution in [2.45, 2.75) is 12.0 Å². The van der Waals surface area contributed by atoms with Gasteiger partial charge in [-0.15, -0.1) is 0 Å².